The Labute approximate surface area is 160 Å². The fraction of sp³-hybridized carbons (Fsp3) is 0.150. The molecule has 0 fully saturated rings. The largest absolute Gasteiger partial charge is 0.351 e. The van der Waals surface area contributed by atoms with Gasteiger partial charge in [-0.15, -0.1) is 0 Å². The van der Waals surface area contributed by atoms with Crippen LogP contribution in [0.3, 0.4) is 0 Å². The van der Waals surface area contributed by atoms with E-state index in [0.717, 1.165) is 17.7 Å². The van der Waals surface area contributed by atoms with E-state index < -0.39 is 17.5 Å². The van der Waals surface area contributed by atoms with Crippen LogP contribution in [0.5, 0.6) is 0 Å². The number of nitrogens with zero attached hydrogens (tertiary/aromatic N) is 2. The summed E-state index contributed by atoms with van der Waals surface area (Å²) >= 11 is 0. The first-order chi connectivity index (χ1) is 13.5. The zero-order valence-electron chi connectivity index (χ0n) is 14.9. The second-order valence-electron chi connectivity index (χ2n) is 6.04. The molecule has 6 nitrogen and oxygen atoms in total. The Morgan fingerprint density at radius 1 is 1.04 bits per heavy atom. The van der Waals surface area contributed by atoms with Crippen molar-refractivity contribution in [3.8, 4) is 0 Å². The van der Waals surface area contributed by atoms with E-state index in [1.54, 1.807) is 16.9 Å². The lowest BCUT2D eigenvalue weighted by Crippen LogP contribution is -2.28. The highest BCUT2D eigenvalue weighted by atomic mass is 19.1. The number of anilines is 1. The van der Waals surface area contributed by atoms with Gasteiger partial charge in [-0.05, 0) is 17.7 Å². The molecule has 0 bridgehead atoms. The van der Waals surface area contributed by atoms with E-state index in [0.29, 0.717) is 18.4 Å². The minimum atomic E-state index is -0.952. The van der Waals surface area contributed by atoms with Gasteiger partial charge in [0, 0.05) is 25.1 Å². The number of amides is 2. The van der Waals surface area contributed by atoms with E-state index >= 15 is 0 Å². The molecule has 3 rings (SSSR count). The molecule has 0 aliphatic heterocycles. The van der Waals surface area contributed by atoms with Gasteiger partial charge in [-0.3, -0.25) is 9.59 Å². The average Bonchev–Trinajstić information content (AvgIpc) is 3.09. The van der Waals surface area contributed by atoms with Crippen molar-refractivity contribution in [2.75, 3.05) is 11.9 Å². The molecule has 0 saturated heterocycles. The Morgan fingerprint density at radius 3 is 2.57 bits per heavy atom. The van der Waals surface area contributed by atoms with E-state index in [4.69, 9.17) is 0 Å². The standard InChI is InChI=1S/C20H18F2N4O2/c21-15-6-7-16(17(22)12-15)20(28)23-10-9-19(27)25-18-8-11-24-26(18)13-14-4-2-1-3-5-14/h1-8,11-12H,9-10,13H2,(H,23,28)(H,25,27). The molecule has 2 amide bonds. The van der Waals surface area contributed by atoms with Gasteiger partial charge in [-0.1, -0.05) is 30.3 Å². The second kappa shape index (κ2) is 8.90. The summed E-state index contributed by atoms with van der Waals surface area (Å²) in [6.45, 7) is 0.512. The van der Waals surface area contributed by atoms with Gasteiger partial charge in [0.05, 0.1) is 18.3 Å². The van der Waals surface area contributed by atoms with E-state index in [2.05, 4.69) is 15.7 Å². The molecule has 0 atom stereocenters. The molecule has 0 aliphatic carbocycles. The summed E-state index contributed by atoms with van der Waals surface area (Å²) in [6, 6.07) is 14.0. The zero-order chi connectivity index (χ0) is 19.9. The molecule has 2 aromatic carbocycles. The molecule has 3 aromatic rings. The molecular formula is C20H18F2N4O2. The minimum absolute atomic E-state index is 0.00824. The first-order valence-electron chi connectivity index (χ1n) is 8.62. The number of hydrogen-bond acceptors (Lipinski definition) is 3. The molecule has 8 heteroatoms. The van der Waals surface area contributed by atoms with E-state index in [9.17, 15) is 18.4 Å². The van der Waals surface area contributed by atoms with Crippen LogP contribution in [-0.2, 0) is 11.3 Å². The Morgan fingerprint density at radius 2 is 1.82 bits per heavy atom. The third-order valence-electron chi connectivity index (χ3n) is 3.97. The van der Waals surface area contributed by atoms with Crippen molar-refractivity contribution < 1.29 is 18.4 Å². The molecule has 0 aliphatic rings. The highest BCUT2D eigenvalue weighted by Gasteiger charge is 2.13. The number of benzene rings is 2. The summed E-state index contributed by atoms with van der Waals surface area (Å²) in [5.74, 6) is -2.22. The third kappa shape index (κ3) is 5.00. The number of carbonyl (C=O) groups excluding carboxylic acids is 2. The van der Waals surface area contributed by atoms with Crippen LogP contribution in [0.15, 0.2) is 60.8 Å². The Bertz CT molecular complexity index is 973. The minimum Gasteiger partial charge on any atom is -0.351 e. The van der Waals surface area contributed by atoms with Crippen LogP contribution in [0.2, 0.25) is 0 Å². The van der Waals surface area contributed by atoms with E-state index in [1.807, 2.05) is 30.3 Å². The predicted octanol–water partition coefficient (Wildman–Crippen LogP) is 2.97. The Hall–Kier alpha value is -3.55. The highest BCUT2D eigenvalue weighted by Crippen LogP contribution is 2.11. The lowest BCUT2D eigenvalue weighted by atomic mass is 10.2. The summed E-state index contributed by atoms with van der Waals surface area (Å²) in [6.07, 6.45) is 1.57. The van der Waals surface area contributed by atoms with Crippen LogP contribution in [0, 0.1) is 11.6 Å². The van der Waals surface area contributed by atoms with Gasteiger partial charge in [0.25, 0.3) is 5.91 Å². The van der Waals surface area contributed by atoms with Crippen molar-refractivity contribution in [2.45, 2.75) is 13.0 Å². The fourth-order valence-corrected chi connectivity index (χ4v) is 2.58. The van der Waals surface area contributed by atoms with Crippen molar-refractivity contribution in [1.29, 1.82) is 0 Å². The number of aromatic nitrogens is 2. The second-order valence-corrected chi connectivity index (χ2v) is 6.04. The quantitative estimate of drug-likeness (QED) is 0.658. The first-order valence-corrected chi connectivity index (χ1v) is 8.62. The van der Waals surface area contributed by atoms with Gasteiger partial charge in [-0.25, -0.2) is 13.5 Å². The maximum atomic E-state index is 13.6. The van der Waals surface area contributed by atoms with Gasteiger partial charge >= 0.3 is 0 Å². The maximum absolute atomic E-state index is 13.6. The van der Waals surface area contributed by atoms with Crippen LogP contribution in [0.25, 0.3) is 0 Å². The lowest BCUT2D eigenvalue weighted by molar-refractivity contribution is -0.116. The number of carbonyl (C=O) groups is 2. The summed E-state index contributed by atoms with van der Waals surface area (Å²) in [4.78, 5) is 24.0. The Kier molecular flexibility index (Phi) is 6.11. The van der Waals surface area contributed by atoms with Crippen molar-refractivity contribution >= 4 is 17.6 Å². The van der Waals surface area contributed by atoms with Gasteiger partial charge in [-0.2, -0.15) is 5.10 Å². The van der Waals surface area contributed by atoms with Crippen LogP contribution in [-0.4, -0.2) is 28.1 Å². The van der Waals surface area contributed by atoms with Crippen LogP contribution in [0.1, 0.15) is 22.3 Å². The number of rotatable bonds is 7. The number of nitrogens with one attached hydrogen (secondary N) is 2. The number of halogens is 2. The summed E-state index contributed by atoms with van der Waals surface area (Å²) in [5.41, 5.74) is 0.762. The lowest BCUT2D eigenvalue weighted by Gasteiger charge is -2.10. The number of hydrogen-bond donors (Lipinski definition) is 2. The molecule has 0 unspecified atom stereocenters. The smallest absolute Gasteiger partial charge is 0.254 e. The summed E-state index contributed by atoms with van der Waals surface area (Å²) in [5, 5.41) is 9.36. The van der Waals surface area contributed by atoms with Crippen LogP contribution < -0.4 is 10.6 Å². The van der Waals surface area contributed by atoms with E-state index in [-0.39, 0.29) is 24.4 Å². The Balaban J connectivity index is 1.50. The van der Waals surface area contributed by atoms with Crippen LogP contribution in [0.4, 0.5) is 14.6 Å². The molecule has 0 radical (unpaired) electrons. The summed E-state index contributed by atoms with van der Waals surface area (Å²) in [7, 11) is 0. The molecule has 0 spiro atoms. The average molecular weight is 384 g/mol. The molecule has 28 heavy (non-hydrogen) atoms. The molecule has 144 valence electrons. The van der Waals surface area contributed by atoms with Crippen molar-refractivity contribution in [1.82, 2.24) is 15.1 Å². The predicted molar refractivity (Wildman–Crippen MR) is 99.7 cm³/mol. The molecule has 1 aromatic heterocycles. The van der Waals surface area contributed by atoms with Gasteiger partial charge in [0.1, 0.15) is 17.5 Å². The molecule has 0 saturated carbocycles. The fourth-order valence-electron chi connectivity index (χ4n) is 2.58. The van der Waals surface area contributed by atoms with Gasteiger partial charge in [0.2, 0.25) is 5.91 Å². The van der Waals surface area contributed by atoms with Crippen molar-refractivity contribution in [3.63, 3.8) is 0 Å². The third-order valence-corrected chi connectivity index (χ3v) is 3.97. The SMILES string of the molecule is O=C(CCNC(=O)c1ccc(F)cc1F)Nc1ccnn1Cc1ccccc1. The normalized spacial score (nSPS) is 10.5. The van der Waals surface area contributed by atoms with Gasteiger partial charge in [0.15, 0.2) is 0 Å². The van der Waals surface area contributed by atoms with Crippen molar-refractivity contribution in [3.05, 3.63) is 83.6 Å². The molecular weight excluding hydrogens is 366 g/mol. The first kappa shape index (κ1) is 19.2. The topological polar surface area (TPSA) is 76.0 Å². The monoisotopic (exact) mass is 384 g/mol. The van der Waals surface area contributed by atoms with Gasteiger partial charge < -0.3 is 10.6 Å². The maximum Gasteiger partial charge on any atom is 0.254 e. The van der Waals surface area contributed by atoms with Crippen molar-refractivity contribution in [2.24, 2.45) is 0 Å². The molecule has 2 N–H and O–H groups in total. The van der Waals surface area contributed by atoms with E-state index in [1.165, 1.54) is 0 Å². The zero-order valence-corrected chi connectivity index (χ0v) is 14.9. The molecule has 1 heterocycles. The summed E-state index contributed by atoms with van der Waals surface area (Å²) < 4.78 is 28.1. The highest BCUT2D eigenvalue weighted by molar-refractivity contribution is 5.95. The van der Waals surface area contributed by atoms with Crippen LogP contribution >= 0.6 is 0 Å².